The molecule has 6 nitrogen and oxygen atoms in total. The number of aryl methyl sites for hydroxylation is 2. The fraction of sp³-hybridized carbons (Fsp3) is 0.286. The largest absolute Gasteiger partial charge is 0.483 e. The molecule has 1 amide bonds. The number of carbonyl (C=O) groups is 1. The molecule has 1 N–H and O–H groups in total. The second kappa shape index (κ2) is 9.41. The van der Waals surface area contributed by atoms with Gasteiger partial charge in [0.25, 0.3) is 11.1 Å². The first kappa shape index (κ1) is 19.9. The standard InChI is InChI=1S/C21H23N3O3S/c1-14-8-7-9-15(2)20(14)26-12-19-23-24-21(27-19)28-13-18(25)22-16(3)17-10-5-4-6-11-17/h4-11,16H,12-13H2,1-3H3,(H,22,25)/t16-/m0/s1. The van der Waals surface area contributed by atoms with Crippen LogP contribution in [0.3, 0.4) is 0 Å². The Labute approximate surface area is 168 Å². The normalized spacial score (nSPS) is 11.8. The highest BCUT2D eigenvalue weighted by molar-refractivity contribution is 7.99. The zero-order chi connectivity index (χ0) is 19.9. The molecule has 146 valence electrons. The number of para-hydroxylation sites is 1. The van der Waals surface area contributed by atoms with Crippen molar-refractivity contribution in [3.05, 3.63) is 71.1 Å². The maximum Gasteiger partial charge on any atom is 0.277 e. The molecule has 0 aliphatic heterocycles. The van der Waals surface area contributed by atoms with Crippen molar-refractivity contribution in [2.45, 2.75) is 38.6 Å². The topological polar surface area (TPSA) is 77.2 Å². The first-order chi connectivity index (χ1) is 13.5. The molecule has 7 heteroatoms. The van der Waals surface area contributed by atoms with Gasteiger partial charge in [-0.3, -0.25) is 4.79 Å². The molecule has 0 saturated carbocycles. The molecule has 1 heterocycles. The number of rotatable bonds is 8. The maximum atomic E-state index is 12.1. The molecule has 0 fully saturated rings. The third-order valence-corrected chi connectivity index (χ3v) is 5.02. The van der Waals surface area contributed by atoms with Gasteiger partial charge in [-0.15, -0.1) is 10.2 Å². The first-order valence-corrected chi connectivity index (χ1v) is 10.00. The van der Waals surface area contributed by atoms with Crippen LogP contribution in [0.4, 0.5) is 0 Å². The van der Waals surface area contributed by atoms with Crippen LogP contribution in [0.1, 0.15) is 35.5 Å². The first-order valence-electron chi connectivity index (χ1n) is 9.01. The summed E-state index contributed by atoms with van der Waals surface area (Å²) >= 11 is 1.21. The van der Waals surface area contributed by atoms with Gasteiger partial charge in [-0.25, -0.2) is 0 Å². The van der Waals surface area contributed by atoms with E-state index >= 15 is 0 Å². The Bertz CT molecular complexity index is 907. The number of benzene rings is 2. The quantitative estimate of drug-likeness (QED) is 0.573. The van der Waals surface area contributed by atoms with Crippen LogP contribution < -0.4 is 10.1 Å². The molecule has 3 rings (SSSR count). The number of ether oxygens (including phenoxy) is 1. The van der Waals surface area contributed by atoms with E-state index in [2.05, 4.69) is 15.5 Å². The van der Waals surface area contributed by atoms with Crippen LogP contribution in [0.25, 0.3) is 0 Å². The predicted molar refractivity (Wildman–Crippen MR) is 108 cm³/mol. The Morgan fingerprint density at radius 2 is 1.82 bits per heavy atom. The van der Waals surface area contributed by atoms with E-state index in [0.717, 1.165) is 22.4 Å². The highest BCUT2D eigenvalue weighted by Gasteiger charge is 2.13. The highest BCUT2D eigenvalue weighted by atomic mass is 32.2. The van der Waals surface area contributed by atoms with Crippen molar-refractivity contribution in [1.29, 1.82) is 0 Å². The van der Waals surface area contributed by atoms with Crippen molar-refractivity contribution in [3.63, 3.8) is 0 Å². The second-order valence-corrected chi connectivity index (χ2v) is 7.39. The average molecular weight is 398 g/mol. The van der Waals surface area contributed by atoms with E-state index in [0.29, 0.717) is 11.1 Å². The van der Waals surface area contributed by atoms with E-state index in [4.69, 9.17) is 9.15 Å². The molecule has 0 aliphatic carbocycles. The van der Waals surface area contributed by atoms with Gasteiger partial charge in [0, 0.05) is 0 Å². The third kappa shape index (κ3) is 5.36. The minimum Gasteiger partial charge on any atom is -0.483 e. The molecule has 0 radical (unpaired) electrons. The van der Waals surface area contributed by atoms with Crippen molar-refractivity contribution in [2.75, 3.05) is 5.75 Å². The van der Waals surface area contributed by atoms with Gasteiger partial charge in [0.15, 0.2) is 6.61 Å². The lowest BCUT2D eigenvalue weighted by atomic mass is 10.1. The summed E-state index contributed by atoms with van der Waals surface area (Å²) < 4.78 is 11.4. The summed E-state index contributed by atoms with van der Waals surface area (Å²) in [6.45, 7) is 6.13. The molecule has 0 unspecified atom stereocenters. The number of thioether (sulfide) groups is 1. The van der Waals surface area contributed by atoms with Gasteiger partial charge in [-0.2, -0.15) is 0 Å². The number of nitrogens with one attached hydrogen (secondary N) is 1. The van der Waals surface area contributed by atoms with E-state index < -0.39 is 0 Å². The van der Waals surface area contributed by atoms with Gasteiger partial charge in [-0.1, -0.05) is 60.3 Å². The van der Waals surface area contributed by atoms with Crippen molar-refractivity contribution in [1.82, 2.24) is 15.5 Å². The molecular weight excluding hydrogens is 374 g/mol. The Kier molecular flexibility index (Phi) is 6.71. The zero-order valence-electron chi connectivity index (χ0n) is 16.1. The van der Waals surface area contributed by atoms with E-state index in [-0.39, 0.29) is 24.3 Å². The van der Waals surface area contributed by atoms with E-state index in [9.17, 15) is 4.79 Å². The number of hydrogen-bond acceptors (Lipinski definition) is 6. The Balaban J connectivity index is 1.47. The Morgan fingerprint density at radius 1 is 1.11 bits per heavy atom. The Hall–Kier alpha value is -2.80. The summed E-state index contributed by atoms with van der Waals surface area (Å²) in [5.74, 6) is 1.32. The number of aromatic nitrogens is 2. The van der Waals surface area contributed by atoms with Crippen molar-refractivity contribution in [3.8, 4) is 5.75 Å². The molecule has 1 aromatic heterocycles. The minimum atomic E-state index is -0.0899. The maximum absolute atomic E-state index is 12.1. The van der Waals surface area contributed by atoms with Gasteiger partial charge >= 0.3 is 0 Å². The molecule has 0 spiro atoms. The van der Waals surface area contributed by atoms with E-state index in [1.165, 1.54) is 11.8 Å². The highest BCUT2D eigenvalue weighted by Crippen LogP contribution is 2.24. The smallest absolute Gasteiger partial charge is 0.277 e. The number of hydrogen-bond donors (Lipinski definition) is 1. The molecule has 0 saturated heterocycles. The molecule has 2 aromatic carbocycles. The molecule has 0 bridgehead atoms. The molecule has 3 aromatic rings. The van der Waals surface area contributed by atoms with Gasteiger partial charge in [0.1, 0.15) is 5.75 Å². The zero-order valence-corrected chi connectivity index (χ0v) is 17.0. The monoisotopic (exact) mass is 397 g/mol. The van der Waals surface area contributed by atoms with Crippen LogP contribution in [0.15, 0.2) is 58.2 Å². The molecule has 0 aliphatic rings. The van der Waals surface area contributed by atoms with Gasteiger partial charge in [0.05, 0.1) is 11.8 Å². The van der Waals surface area contributed by atoms with Gasteiger partial charge in [0.2, 0.25) is 5.91 Å². The van der Waals surface area contributed by atoms with Crippen LogP contribution in [0, 0.1) is 13.8 Å². The molecule has 1 atom stereocenters. The van der Waals surface area contributed by atoms with Crippen LogP contribution in [-0.2, 0) is 11.4 Å². The van der Waals surface area contributed by atoms with Gasteiger partial charge < -0.3 is 14.5 Å². The predicted octanol–water partition coefficient (Wildman–Crippen LogP) is 4.23. The SMILES string of the molecule is Cc1cccc(C)c1OCc1nnc(SCC(=O)N[C@@H](C)c2ccccc2)o1. The Morgan fingerprint density at radius 3 is 2.54 bits per heavy atom. The fourth-order valence-electron chi connectivity index (χ4n) is 2.75. The number of carbonyl (C=O) groups excluding carboxylic acids is 1. The summed E-state index contributed by atoms with van der Waals surface area (Å²) in [5.41, 5.74) is 3.17. The third-order valence-electron chi connectivity index (χ3n) is 4.20. The van der Waals surface area contributed by atoms with Crippen molar-refractivity contribution < 1.29 is 13.9 Å². The summed E-state index contributed by atoms with van der Waals surface area (Å²) in [6.07, 6.45) is 0. The van der Waals surface area contributed by atoms with Crippen molar-refractivity contribution in [2.24, 2.45) is 0 Å². The molecule has 28 heavy (non-hydrogen) atoms. The van der Waals surface area contributed by atoms with Gasteiger partial charge in [-0.05, 0) is 37.5 Å². The van der Waals surface area contributed by atoms with E-state index in [1.54, 1.807) is 0 Å². The van der Waals surface area contributed by atoms with Crippen LogP contribution >= 0.6 is 11.8 Å². The van der Waals surface area contributed by atoms with Crippen LogP contribution in [0.2, 0.25) is 0 Å². The van der Waals surface area contributed by atoms with Crippen LogP contribution in [-0.4, -0.2) is 21.9 Å². The fourth-order valence-corrected chi connectivity index (χ4v) is 3.34. The van der Waals surface area contributed by atoms with E-state index in [1.807, 2.05) is 69.3 Å². The number of amides is 1. The van der Waals surface area contributed by atoms with Crippen LogP contribution in [0.5, 0.6) is 5.75 Å². The molecular formula is C21H23N3O3S. The lowest BCUT2D eigenvalue weighted by molar-refractivity contribution is -0.119. The number of nitrogens with zero attached hydrogens (tertiary/aromatic N) is 2. The summed E-state index contributed by atoms with van der Waals surface area (Å²) in [6, 6.07) is 15.7. The summed E-state index contributed by atoms with van der Waals surface area (Å²) in [7, 11) is 0. The van der Waals surface area contributed by atoms with Crippen molar-refractivity contribution >= 4 is 17.7 Å². The lowest BCUT2D eigenvalue weighted by Crippen LogP contribution is -2.28. The summed E-state index contributed by atoms with van der Waals surface area (Å²) in [4.78, 5) is 12.1. The average Bonchev–Trinajstić information content (AvgIpc) is 3.14. The second-order valence-electron chi connectivity index (χ2n) is 6.46. The lowest BCUT2D eigenvalue weighted by Gasteiger charge is -2.13. The minimum absolute atomic E-state index is 0.0571. The summed E-state index contributed by atoms with van der Waals surface area (Å²) in [5, 5.41) is 11.3.